The molecule has 0 fully saturated rings. The molecule has 0 saturated carbocycles. The molecule has 1 aromatic rings. The van der Waals surface area contributed by atoms with Gasteiger partial charge in [-0.3, -0.25) is 0 Å². The first-order valence-corrected chi connectivity index (χ1v) is 4.87. The van der Waals surface area contributed by atoms with Crippen molar-refractivity contribution in [3.05, 3.63) is 28.8 Å². The maximum atomic E-state index is 11.6. The van der Waals surface area contributed by atoms with E-state index in [4.69, 9.17) is 14.7 Å². The second-order valence-corrected chi connectivity index (χ2v) is 3.13. The number of carbonyl (C=O) groups excluding carboxylic acids is 1. The Bertz CT molecular complexity index is 446. The van der Waals surface area contributed by atoms with E-state index in [0.717, 1.165) is 0 Å². The largest absolute Gasteiger partial charge is 0.496 e. The zero-order valence-electron chi connectivity index (χ0n) is 9.53. The number of nitriles is 1. The Kier molecular flexibility index (Phi) is 3.90. The molecule has 1 rings (SSSR count). The minimum Gasteiger partial charge on any atom is -0.496 e. The lowest BCUT2D eigenvalue weighted by Gasteiger charge is -2.12. The van der Waals surface area contributed by atoms with Crippen LogP contribution in [0.15, 0.2) is 12.1 Å². The molecule has 4 heteroatoms. The van der Waals surface area contributed by atoms with Gasteiger partial charge in [-0.25, -0.2) is 4.79 Å². The van der Waals surface area contributed by atoms with Crippen molar-refractivity contribution in [1.82, 2.24) is 0 Å². The number of ether oxygens (including phenoxy) is 2. The minimum absolute atomic E-state index is 0.339. The predicted molar refractivity (Wildman–Crippen MR) is 58.4 cm³/mol. The molecular weight excluding hydrogens is 206 g/mol. The van der Waals surface area contributed by atoms with Crippen molar-refractivity contribution in [3.63, 3.8) is 0 Å². The van der Waals surface area contributed by atoms with E-state index in [9.17, 15) is 4.79 Å². The molecule has 4 nitrogen and oxygen atoms in total. The third kappa shape index (κ3) is 1.98. The summed E-state index contributed by atoms with van der Waals surface area (Å²) in [4.78, 5) is 11.6. The SMILES string of the molecule is CCc1c(C#N)ccc(OC)c1C(=O)OC. The first-order chi connectivity index (χ1) is 7.69. The van der Waals surface area contributed by atoms with Crippen LogP contribution in [0.2, 0.25) is 0 Å². The van der Waals surface area contributed by atoms with E-state index in [-0.39, 0.29) is 0 Å². The fraction of sp³-hybridized carbons (Fsp3) is 0.333. The van der Waals surface area contributed by atoms with E-state index in [1.54, 1.807) is 12.1 Å². The van der Waals surface area contributed by atoms with Crippen molar-refractivity contribution in [2.24, 2.45) is 0 Å². The van der Waals surface area contributed by atoms with E-state index in [0.29, 0.717) is 28.9 Å². The molecule has 0 aliphatic carbocycles. The van der Waals surface area contributed by atoms with Gasteiger partial charge in [0.05, 0.1) is 25.9 Å². The van der Waals surface area contributed by atoms with Gasteiger partial charge < -0.3 is 9.47 Å². The molecule has 0 aromatic heterocycles. The molecule has 0 amide bonds. The smallest absolute Gasteiger partial charge is 0.341 e. The molecule has 0 N–H and O–H groups in total. The Labute approximate surface area is 94.4 Å². The van der Waals surface area contributed by atoms with Crippen molar-refractivity contribution in [2.75, 3.05) is 14.2 Å². The number of nitrogens with zero attached hydrogens (tertiary/aromatic N) is 1. The van der Waals surface area contributed by atoms with Gasteiger partial charge in [-0.1, -0.05) is 6.92 Å². The molecule has 0 atom stereocenters. The van der Waals surface area contributed by atoms with E-state index >= 15 is 0 Å². The zero-order valence-corrected chi connectivity index (χ0v) is 9.53. The highest BCUT2D eigenvalue weighted by Gasteiger charge is 2.19. The van der Waals surface area contributed by atoms with Crippen LogP contribution in [-0.2, 0) is 11.2 Å². The van der Waals surface area contributed by atoms with Crippen LogP contribution >= 0.6 is 0 Å². The number of hydrogen-bond acceptors (Lipinski definition) is 4. The topological polar surface area (TPSA) is 59.3 Å². The summed E-state index contributed by atoms with van der Waals surface area (Å²) in [6, 6.07) is 5.30. The van der Waals surface area contributed by atoms with Gasteiger partial charge in [-0.15, -0.1) is 0 Å². The summed E-state index contributed by atoms with van der Waals surface area (Å²) in [5, 5.41) is 8.95. The third-order valence-corrected chi connectivity index (χ3v) is 2.36. The molecule has 1 aromatic carbocycles. The maximum Gasteiger partial charge on any atom is 0.341 e. The van der Waals surface area contributed by atoms with Gasteiger partial charge >= 0.3 is 5.97 Å². The first-order valence-electron chi connectivity index (χ1n) is 4.87. The van der Waals surface area contributed by atoms with Crippen molar-refractivity contribution < 1.29 is 14.3 Å². The number of carbonyl (C=O) groups is 1. The lowest BCUT2D eigenvalue weighted by molar-refractivity contribution is 0.0596. The minimum atomic E-state index is -0.481. The molecule has 84 valence electrons. The summed E-state index contributed by atoms with van der Waals surface area (Å²) in [5.74, 6) is -0.0477. The number of benzene rings is 1. The van der Waals surface area contributed by atoms with Crippen LogP contribution in [-0.4, -0.2) is 20.2 Å². The lowest BCUT2D eigenvalue weighted by atomic mass is 9.98. The highest BCUT2D eigenvalue weighted by atomic mass is 16.5. The number of hydrogen-bond donors (Lipinski definition) is 0. The Morgan fingerprint density at radius 2 is 2.12 bits per heavy atom. The molecule has 0 bridgehead atoms. The number of methoxy groups -OCH3 is 2. The van der Waals surface area contributed by atoms with Crippen LogP contribution < -0.4 is 4.74 Å². The molecule has 0 heterocycles. The molecule has 0 radical (unpaired) electrons. The van der Waals surface area contributed by atoms with E-state index in [1.165, 1.54) is 14.2 Å². The van der Waals surface area contributed by atoms with E-state index in [2.05, 4.69) is 6.07 Å². The summed E-state index contributed by atoms with van der Waals surface area (Å²) < 4.78 is 9.79. The van der Waals surface area contributed by atoms with Gasteiger partial charge in [0.25, 0.3) is 0 Å². The summed E-state index contributed by atoms with van der Waals surface area (Å²) in [6.07, 6.45) is 0.574. The number of esters is 1. The maximum absolute atomic E-state index is 11.6. The molecule has 0 saturated heterocycles. The highest BCUT2D eigenvalue weighted by Crippen LogP contribution is 2.26. The molecule has 0 aliphatic rings. The van der Waals surface area contributed by atoms with E-state index < -0.39 is 5.97 Å². The molecule has 0 unspecified atom stereocenters. The Morgan fingerprint density at radius 3 is 2.56 bits per heavy atom. The van der Waals surface area contributed by atoms with Gasteiger partial charge in [-0.05, 0) is 24.1 Å². The lowest BCUT2D eigenvalue weighted by Crippen LogP contribution is -2.09. The van der Waals surface area contributed by atoms with Gasteiger partial charge in [0, 0.05) is 0 Å². The van der Waals surface area contributed by atoms with Gasteiger partial charge in [0.2, 0.25) is 0 Å². The summed E-state index contributed by atoms with van der Waals surface area (Å²) in [7, 11) is 2.79. The Morgan fingerprint density at radius 1 is 1.44 bits per heavy atom. The van der Waals surface area contributed by atoms with Crippen LogP contribution in [0, 0.1) is 11.3 Å². The summed E-state index contributed by atoms with van der Waals surface area (Å²) in [5.41, 5.74) is 1.48. The van der Waals surface area contributed by atoms with E-state index in [1.807, 2.05) is 6.92 Å². The fourth-order valence-electron chi connectivity index (χ4n) is 1.59. The van der Waals surface area contributed by atoms with Gasteiger partial charge in [0.15, 0.2) is 0 Å². The zero-order chi connectivity index (χ0) is 12.1. The number of rotatable bonds is 3. The Balaban J connectivity index is 3.50. The average Bonchev–Trinajstić information content (AvgIpc) is 2.35. The molecular formula is C12H13NO3. The first kappa shape index (κ1) is 12.1. The van der Waals surface area contributed by atoms with Crippen molar-refractivity contribution in [3.8, 4) is 11.8 Å². The van der Waals surface area contributed by atoms with Crippen molar-refractivity contribution >= 4 is 5.97 Å². The monoisotopic (exact) mass is 219 g/mol. The van der Waals surface area contributed by atoms with Crippen LogP contribution in [0.25, 0.3) is 0 Å². The van der Waals surface area contributed by atoms with Gasteiger partial charge in [0.1, 0.15) is 11.3 Å². The van der Waals surface area contributed by atoms with Gasteiger partial charge in [-0.2, -0.15) is 5.26 Å². The average molecular weight is 219 g/mol. The molecule has 16 heavy (non-hydrogen) atoms. The van der Waals surface area contributed by atoms with Crippen molar-refractivity contribution in [2.45, 2.75) is 13.3 Å². The van der Waals surface area contributed by atoms with Crippen LogP contribution in [0.4, 0.5) is 0 Å². The molecule has 0 aliphatic heterocycles. The fourth-order valence-corrected chi connectivity index (χ4v) is 1.59. The second kappa shape index (κ2) is 5.17. The quantitative estimate of drug-likeness (QED) is 0.728. The second-order valence-electron chi connectivity index (χ2n) is 3.13. The third-order valence-electron chi connectivity index (χ3n) is 2.36. The van der Waals surface area contributed by atoms with Crippen LogP contribution in [0.3, 0.4) is 0 Å². The van der Waals surface area contributed by atoms with Crippen LogP contribution in [0.1, 0.15) is 28.4 Å². The highest BCUT2D eigenvalue weighted by molar-refractivity contribution is 5.95. The normalized spacial score (nSPS) is 9.38. The van der Waals surface area contributed by atoms with Crippen LogP contribution in [0.5, 0.6) is 5.75 Å². The van der Waals surface area contributed by atoms with Crippen molar-refractivity contribution in [1.29, 1.82) is 5.26 Å². The molecule has 0 spiro atoms. The standard InChI is InChI=1S/C12H13NO3/c1-4-9-8(7-13)5-6-10(15-2)11(9)12(14)16-3/h5-6H,4H2,1-3H3. The summed E-state index contributed by atoms with van der Waals surface area (Å²) in [6.45, 7) is 1.88. The Hall–Kier alpha value is -2.02. The summed E-state index contributed by atoms with van der Waals surface area (Å²) >= 11 is 0. The predicted octanol–water partition coefficient (Wildman–Crippen LogP) is 1.92.